The Morgan fingerprint density at radius 2 is 1.60 bits per heavy atom. The van der Waals surface area contributed by atoms with Crippen molar-refractivity contribution in [2.45, 2.75) is 33.4 Å². The summed E-state index contributed by atoms with van der Waals surface area (Å²) in [5, 5.41) is 0. The molecule has 3 rings (SSSR count). The molecule has 1 heterocycles. The summed E-state index contributed by atoms with van der Waals surface area (Å²) in [6.45, 7) is 4.77. The van der Waals surface area contributed by atoms with Crippen molar-refractivity contribution < 1.29 is 28.7 Å². The lowest BCUT2D eigenvalue weighted by molar-refractivity contribution is -0.151. The van der Waals surface area contributed by atoms with Gasteiger partial charge in [-0.2, -0.15) is 0 Å². The Bertz CT molecular complexity index is 991. The van der Waals surface area contributed by atoms with Gasteiger partial charge in [0.2, 0.25) is 0 Å². The Hall–Kier alpha value is -3.48. The normalized spacial score (nSPS) is 14.0. The van der Waals surface area contributed by atoms with Crippen molar-refractivity contribution in [2.75, 3.05) is 7.11 Å². The zero-order valence-electron chi connectivity index (χ0n) is 17.3. The van der Waals surface area contributed by atoms with E-state index in [4.69, 9.17) is 9.47 Å². The van der Waals surface area contributed by atoms with Crippen molar-refractivity contribution in [3.8, 4) is 5.75 Å². The number of imide groups is 1. The third-order valence-electron chi connectivity index (χ3n) is 5.03. The molecule has 2 amide bonds. The average molecular weight is 409 g/mol. The van der Waals surface area contributed by atoms with Gasteiger partial charge in [0.1, 0.15) is 18.4 Å². The van der Waals surface area contributed by atoms with Crippen LogP contribution in [0, 0.1) is 5.92 Å². The molecule has 0 fully saturated rings. The Balaban J connectivity index is 1.83. The lowest BCUT2D eigenvalue weighted by atomic mass is 10.0. The van der Waals surface area contributed by atoms with Crippen LogP contribution in [0.1, 0.15) is 57.4 Å². The number of hydrogen-bond acceptors (Lipinski definition) is 6. The molecule has 0 aromatic heterocycles. The van der Waals surface area contributed by atoms with Crippen LogP contribution in [0.25, 0.3) is 0 Å². The van der Waals surface area contributed by atoms with Crippen molar-refractivity contribution in [2.24, 2.45) is 5.92 Å². The molecule has 156 valence electrons. The number of nitrogens with zero attached hydrogens (tertiary/aromatic N) is 1. The molecule has 1 aliphatic heterocycles. The van der Waals surface area contributed by atoms with Crippen molar-refractivity contribution in [3.05, 3.63) is 64.7 Å². The first kappa shape index (κ1) is 21.2. The van der Waals surface area contributed by atoms with E-state index in [0.717, 1.165) is 4.90 Å². The second kappa shape index (κ2) is 8.49. The summed E-state index contributed by atoms with van der Waals surface area (Å²) in [5.74, 6) is -1.74. The van der Waals surface area contributed by atoms with Crippen molar-refractivity contribution in [1.82, 2.24) is 4.90 Å². The van der Waals surface area contributed by atoms with Gasteiger partial charge in [0.25, 0.3) is 11.8 Å². The summed E-state index contributed by atoms with van der Waals surface area (Å²) in [5.41, 5.74) is 1.53. The summed E-state index contributed by atoms with van der Waals surface area (Å²) in [6, 6.07) is 10.3. The topological polar surface area (TPSA) is 90.0 Å². The van der Waals surface area contributed by atoms with E-state index in [1.54, 1.807) is 56.3 Å². The number of carbonyl (C=O) groups excluding carboxylic acids is 4. The highest BCUT2D eigenvalue weighted by Crippen LogP contribution is 2.28. The number of rotatable bonds is 7. The fourth-order valence-corrected chi connectivity index (χ4v) is 3.48. The van der Waals surface area contributed by atoms with Crippen molar-refractivity contribution in [3.63, 3.8) is 0 Å². The maximum atomic E-state index is 12.9. The average Bonchev–Trinajstić information content (AvgIpc) is 2.97. The third-order valence-corrected chi connectivity index (χ3v) is 5.03. The second-order valence-corrected chi connectivity index (χ2v) is 7.41. The van der Waals surface area contributed by atoms with E-state index in [1.807, 2.05) is 0 Å². The molecule has 0 radical (unpaired) electrons. The lowest BCUT2D eigenvalue weighted by Gasteiger charge is -2.27. The van der Waals surface area contributed by atoms with E-state index in [-0.39, 0.29) is 29.4 Å². The minimum absolute atomic E-state index is 0.128. The van der Waals surface area contributed by atoms with E-state index < -0.39 is 23.8 Å². The SMILES string of the molecule is COc1ccc(C(C)=O)cc1COC(=O)[C@@H](C(C)C)N1C(=O)c2ccccc2C1=O. The van der Waals surface area contributed by atoms with Gasteiger partial charge in [-0.15, -0.1) is 0 Å². The van der Waals surface area contributed by atoms with Gasteiger partial charge in [-0.05, 0) is 43.2 Å². The molecule has 0 saturated carbocycles. The molecular formula is C23H23NO6. The third kappa shape index (κ3) is 3.83. The van der Waals surface area contributed by atoms with Crippen LogP contribution in [0.2, 0.25) is 0 Å². The van der Waals surface area contributed by atoms with Crippen LogP contribution in [-0.2, 0) is 16.1 Å². The maximum Gasteiger partial charge on any atom is 0.329 e. The lowest BCUT2D eigenvalue weighted by Crippen LogP contribution is -2.48. The summed E-state index contributed by atoms with van der Waals surface area (Å²) in [6.07, 6.45) is 0. The second-order valence-electron chi connectivity index (χ2n) is 7.41. The zero-order valence-corrected chi connectivity index (χ0v) is 17.3. The van der Waals surface area contributed by atoms with Gasteiger partial charge in [-0.3, -0.25) is 19.3 Å². The summed E-state index contributed by atoms with van der Waals surface area (Å²) in [4.78, 5) is 51.1. The fourth-order valence-electron chi connectivity index (χ4n) is 3.48. The monoisotopic (exact) mass is 409 g/mol. The number of Topliss-reactive ketones (excluding diaryl/α,β-unsaturated/α-hetero) is 1. The molecule has 0 saturated heterocycles. The smallest absolute Gasteiger partial charge is 0.329 e. The van der Waals surface area contributed by atoms with Crippen LogP contribution in [0.15, 0.2) is 42.5 Å². The highest BCUT2D eigenvalue weighted by molar-refractivity contribution is 6.22. The molecule has 0 N–H and O–H groups in total. The van der Waals surface area contributed by atoms with Gasteiger partial charge >= 0.3 is 5.97 Å². The highest BCUT2D eigenvalue weighted by Gasteiger charge is 2.44. The number of amides is 2. The Morgan fingerprint density at radius 3 is 2.10 bits per heavy atom. The van der Waals surface area contributed by atoms with Gasteiger partial charge < -0.3 is 9.47 Å². The first-order valence-corrected chi connectivity index (χ1v) is 9.57. The van der Waals surface area contributed by atoms with E-state index in [0.29, 0.717) is 16.9 Å². The number of ketones is 1. The molecule has 0 bridgehead atoms. The standard InChI is InChI=1S/C23H23NO6/c1-13(2)20(24-21(26)17-7-5-6-8-18(17)22(24)27)23(28)30-12-16-11-15(14(3)25)9-10-19(16)29-4/h5-11,13,20H,12H2,1-4H3/t20-/m1/s1. The predicted octanol–water partition coefficient (Wildman–Crippen LogP) is 3.26. The first-order valence-electron chi connectivity index (χ1n) is 9.57. The Morgan fingerprint density at radius 1 is 1.00 bits per heavy atom. The van der Waals surface area contributed by atoms with Crippen molar-refractivity contribution >= 4 is 23.6 Å². The molecular weight excluding hydrogens is 386 g/mol. The summed E-state index contributed by atoms with van der Waals surface area (Å²) < 4.78 is 10.7. The summed E-state index contributed by atoms with van der Waals surface area (Å²) in [7, 11) is 1.48. The number of hydrogen-bond donors (Lipinski definition) is 0. The fraction of sp³-hybridized carbons (Fsp3) is 0.304. The molecule has 7 nitrogen and oxygen atoms in total. The maximum absolute atomic E-state index is 12.9. The largest absolute Gasteiger partial charge is 0.496 e. The molecule has 30 heavy (non-hydrogen) atoms. The van der Waals surface area contributed by atoms with Crippen LogP contribution in [0.3, 0.4) is 0 Å². The molecule has 1 aliphatic rings. The Labute approximate surface area is 174 Å². The van der Waals surface area contributed by atoms with Crippen LogP contribution < -0.4 is 4.74 Å². The minimum Gasteiger partial charge on any atom is -0.496 e. The molecule has 1 atom stereocenters. The number of benzene rings is 2. The van der Waals surface area contributed by atoms with Crippen LogP contribution in [-0.4, -0.2) is 41.6 Å². The highest BCUT2D eigenvalue weighted by atomic mass is 16.5. The molecule has 0 unspecified atom stereocenters. The van der Waals surface area contributed by atoms with Gasteiger partial charge in [0.15, 0.2) is 5.78 Å². The molecule has 2 aromatic carbocycles. The molecule has 7 heteroatoms. The first-order chi connectivity index (χ1) is 14.3. The molecule has 0 spiro atoms. The Kier molecular flexibility index (Phi) is 6.01. The van der Waals surface area contributed by atoms with E-state index >= 15 is 0 Å². The van der Waals surface area contributed by atoms with E-state index in [2.05, 4.69) is 0 Å². The van der Waals surface area contributed by atoms with Gasteiger partial charge in [0, 0.05) is 11.1 Å². The van der Waals surface area contributed by atoms with Crippen LogP contribution in [0.5, 0.6) is 5.75 Å². The van der Waals surface area contributed by atoms with Gasteiger partial charge in [-0.1, -0.05) is 26.0 Å². The predicted molar refractivity (Wildman–Crippen MR) is 108 cm³/mol. The minimum atomic E-state index is -1.07. The van der Waals surface area contributed by atoms with Gasteiger partial charge in [-0.25, -0.2) is 4.79 Å². The van der Waals surface area contributed by atoms with E-state index in [9.17, 15) is 19.2 Å². The molecule has 0 aliphatic carbocycles. The number of fused-ring (bicyclic) bond motifs is 1. The van der Waals surface area contributed by atoms with E-state index in [1.165, 1.54) is 14.0 Å². The van der Waals surface area contributed by atoms with Crippen LogP contribution in [0.4, 0.5) is 0 Å². The van der Waals surface area contributed by atoms with Gasteiger partial charge in [0.05, 0.1) is 18.2 Å². The summed E-state index contributed by atoms with van der Waals surface area (Å²) >= 11 is 0. The number of esters is 1. The molecule has 2 aromatic rings. The van der Waals surface area contributed by atoms with Crippen molar-refractivity contribution in [1.29, 1.82) is 0 Å². The quantitative estimate of drug-likeness (QED) is 0.396. The number of ether oxygens (including phenoxy) is 2. The number of carbonyl (C=O) groups is 4. The van der Waals surface area contributed by atoms with Crippen LogP contribution >= 0.6 is 0 Å². The number of methoxy groups -OCH3 is 1. The zero-order chi connectivity index (χ0) is 22.0.